The lowest BCUT2D eigenvalue weighted by atomic mass is 9.79. The third-order valence-corrected chi connectivity index (χ3v) is 3.33. The first-order valence-electron chi connectivity index (χ1n) is 5.30. The highest BCUT2D eigenvalue weighted by Crippen LogP contribution is 2.31. The van der Waals surface area contributed by atoms with Crippen molar-refractivity contribution in [2.75, 3.05) is 26.3 Å². The van der Waals surface area contributed by atoms with Crippen molar-refractivity contribution in [2.45, 2.75) is 25.4 Å². The maximum absolute atomic E-state index is 13.5. The zero-order valence-electron chi connectivity index (χ0n) is 7.97. The van der Waals surface area contributed by atoms with Gasteiger partial charge in [-0.15, -0.1) is 0 Å². The molecule has 2 aliphatic rings. The molecule has 13 heavy (non-hydrogen) atoms. The molecule has 0 saturated carbocycles. The van der Waals surface area contributed by atoms with Crippen molar-refractivity contribution in [3.63, 3.8) is 0 Å². The number of rotatable bonds is 1. The molecule has 0 bridgehead atoms. The van der Waals surface area contributed by atoms with Gasteiger partial charge in [-0.2, -0.15) is 0 Å². The third kappa shape index (κ3) is 2.20. The van der Waals surface area contributed by atoms with Crippen LogP contribution in [0.4, 0.5) is 4.39 Å². The van der Waals surface area contributed by atoms with E-state index in [1.165, 1.54) is 0 Å². The molecule has 2 heterocycles. The van der Waals surface area contributed by atoms with Gasteiger partial charge in [-0.1, -0.05) is 0 Å². The number of ether oxygens (including phenoxy) is 1. The van der Waals surface area contributed by atoms with E-state index in [-0.39, 0.29) is 0 Å². The molecular formula is C10H18FNO. The molecule has 76 valence electrons. The summed E-state index contributed by atoms with van der Waals surface area (Å²) < 4.78 is 18.8. The van der Waals surface area contributed by atoms with Gasteiger partial charge in [0.25, 0.3) is 0 Å². The Kier molecular flexibility index (Phi) is 3.17. The van der Waals surface area contributed by atoms with E-state index < -0.39 is 6.17 Å². The van der Waals surface area contributed by atoms with Gasteiger partial charge in [-0.3, -0.25) is 0 Å². The molecule has 0 radical (unpaired) electrons. The quantitative estimate of drug-likeness (QED) is 0.669. The number of piperidine rings is 1. The standard InChI is InChI=1S/C10H18FNO/c11-10-7-12-4-1-9(10)8-2-5-13-6-3-8/h8-10,12H,1-7H2. The predicted octanol–water partition coefficient (Wildman–Crippen LogP) is 1.36. The lowest BCUT2D eigenvalue weighted by molar-refractivity contribution is 0.0184. The molecular weight excluding hydrogens is 169 g/mol. The molecule has 2 nitrogen and oxygen atoms in total. The third-order valence-electron chi connectivity index (χ3n) is 3.33. The second-order valence-corrected chi connectivity index (χ2v) is 4.12. The van der Waals surface area contributed by atoms with Crippen LogP contribution in [0.15, 0.2) is 0 Å². The van der Waals surface area contributed by atoms with Crippen molar-refractivity contribution in [3.8, 4) is 0 Å². The van der Waals surface area contributed by atoms with Gasteiger partial charge in [0.05, 0.1) is 0 Å². The highest BCUT2D eigenvalue weighted by Gasteiger charge is 2.32. The smallest absolute Gasteiger partial charge is 0.116 e. The van der Waals surface area contributed by atoms with Crippen LogP contribution in [0.3, 0.4) is 0 Å². The fourth-order valence-corrected chi connectivity index (χ4v) is 2.52. The summed E-state index contributed by atoms with van der Waals surface area (Å²) in [5, 5.41) is 3.10. The first-order chi connectivity index (χ1) is 6.38. The van der Waals surface area contributed by atoms with E-state index in [4.69, 9.17) is 4.74 Å². The molecule has 0 aliphatic carbocycles. The zero-order valence-corrected chi connectivity index (χ0v) is 7.97. The first kappa shape index (κ1) is 9.41. The van der Waals surface area contributed by atoms with Crippen LogP contribution in [0.25, 0.3) is 0 Å². The molecule has 1 N–H and O–H groups in total. The molecule has 2 atom stereocenters. The Morgan fingerprint density at radius 1 is 1.15 bits per heavy atom. The van der Waals surface area contributed by atoms with Gasteiger partial charge in [-0.25, -0.2) is 4.39 Å². The number of alkyl halides is 1. The summed E-state index contributed by atoms with van der Waals surface area (Å²) >= 11 is 0. The second kappa shape index (κ2) is 4.38. The average Bonchev–Trinajstić information content (AvgIpc) is 2.20. The lowest BCUT2D eigenvalue weighted by Crippen LogP contribution is -2.42. The van der Waals surface area contributed by atoms with E-state index in [9.17, 15) is 4.39 Å². The summed E-state index contributed by atoms with van der Waals surface area (Å²) in [5.74, 6) is 0.871. The maximum Gasteiger partial charge on any atom is 0.116 e. The topological polar surface area (TPSA) is 21.3 Å². The summed E-state index contributed by atoms with van der Waals surface area (Å²) in [6.07, 6.45) is 2.50. The summed E-state index contributed by atoms with van der Waals surface area (Å²) in [5.41, 5.74) is 0. The second-order valence-electron chi connectivity index (χ2n) is 4.12. The molecule has 2 rings (SSSR count). The van der Waals surface area contributed by atoms with E-state index in [1.807, 2.05) is 0 Å². The Morgan fingerprint density at radius 2 is 1.92 bits per heavy atom. The summed E-state index contributed by atoms with van der Waals surface area (Å²) in [7, 11) is 0. The summed E-state index contributed by atoms with van der Waals surface area (Å²) in [6, 6.07) is 0. The van der Waals surface area contributed by atoms with Gasteiger partial charge in [0.1, 0.15) is 6.17 Å². The molecule has 2 saturated heterocycles. The minimum Gasteiger partial charge on any atom is -0.381 e. The molecule has 0 spiro atoms. The average molecular weight is 187 g/mol. The minimum atomic E-state index is -0.628. The summed E-state index contributed by atoms with van der Waals surface area (Å²) in [4.78, 5) is 0. The van der Waals surface area contributed by atoms with Crippen LogP contribution in [0.2, 0.25) is 0 Å². The van der Waals surface area contributed by atoms with E-state index in [2.05, 4.69) is 5.32 Å². The van der Waals surface area contributed by atoms with Gasteiger partial charge < -0.3 is 10.1 Å². The van der Waals surface area contributed by atoms with E-state index in [0.717, 1.165) is 39.0 Å². The van der Waals surface area contributed by atoms with Crippen LogP contribution in [0.1, 0.15) is 19.3 Å². The van der Waals surface area contributed by atoms with Crippen LogP contribution in [-0.2, 0) is 4.74 Å². The number of halogens is 1. The molecule has 2 fully saturated rings. The SMILES string of the molecule is FC1CNCCC1C1CCOCC1. The van der Waals surface area contributed by atoms with Gasteiger partial charge >= 0.3 is 0 Å². The summed E-state index contributed by atoms with van der Waals surface area (Å²) in [6.45, 7) is 3.22. The van der Waals surface area contributed by atoms with Crippen molar-refractivity contribution in [1.29, 1.82) is 0 Å². The fraction of sp³-hybridized carbons (Fsp3) is 1.00. The molecule has 0 aromatic carbocycles. The van der Waals surface area contributed by atoms with Crippen LogP contribution in [-0.4, -0.2) is 32.5 Å². The van der Waals surface area contributed by atoms with Gasteiger partial charge in [0.15, 0.2) is 0 Å². The molecule has 0 aromatic heterocycles. The normalized spacial score (nSPS) is 37.6. The Morgan fingerprint density at radius 3 is 2.62 bits per heavy atom. The van der Waals surface area contributed by atoms with Crippen LogP contribution < -0.4 is 5.32 Å². The number of nitrogens with one attached hydrogen (secondary N) is 1. The number of hydrogen-bond donors (Lipinski definition) is 1. The first-order valence-corrected chi connectivity index (χ1v) is 5.30. The highest BCUT2D eigenvalue weighted by molar-refractivity contribution is 4.84. The Labute approximate surface area is 78.8 Å². The largest absolute Gasteiger partial charge is 0.381 e. The van der Waals surface area contributed by atoms with Crippen molar-refractivity contribution in [3.05, 3.63) is 0 Å². The van der Waals surface area contributed by atoms with Gasteiger partial charge in [0.2, 0.25) is 0 Å². The highest BCUT2D eigenvalue weighted by atomic mass is 19.1. The zero-order chi connectivity index (χ0) is 9.10. The fourth-order valence-electron chi connectivity index (χ4n) is 2.52. The monoisotopic (exact) mass is 187 g/mol. The van der Waals surface area contributed by atoms with E-state index >= 15 is 0 Å². The lowest BCUT2D eigenvalue weighted by Gasteiger charge is -2.35. The van der Waals surface area contributed by atoms with Gasteiger partial charge in [0, 0.05) is 19.8 Å². The molecule has 0 amide bonds. The van der Waals surface area contributed by atoms with Crippen LogP contribution in [0, 0.1) is 11.8 Å². The van der Waals surface area contributed by atoms with Crippen molar-refractivity contribution in [1.82, 2.24) is 5.32 Å². The molecule has 2 aliphatic heterocycles. The Hall–Kier alpha value is -0.150. The molecule has 0 aromatic rings. The van der Waals surface area contributed by atoms with Crippen molar-refractivity contribution >= 4 is 0 Å². The minimum absolute atomic E-state index is 0.296. The van der Waals surface area contributed by atoms with Crippen molar-refractivity contribution < 1.29 is 9.13 Å². The molecule has 2 unspecified atom stereocenters. The van der Waals surface area contributed by atoms with Gasteiger partial charge in [-0.05, 0) is 37.6 Å². The van der Waals surface area contributed by atoms with Crippen LogP contribution in [0.5, 0.6) is 0 Å². The predicted molar refractivity (Wildman–Crippen MR) is 49.4 cm³/mol. The van der Waals surface area contributed by atoms with E-state index in [0.29, 0.717) is 18.4 Å². The van der Waals surface area contributed by atoms with Crippen LogP contribution >= 0.6 is 0 Å². The number of hydrogen-bond acceptors (Lipinski definition) is 2. The van der Waals surface area contributed by atoms with Crippen molar-refractivity contribution in [2.24, 2.45) is 11.8 Å². The Bertz CT molecular complexity index is 159. The Balaban J connectivity index is 1.88. The maximum atomic E-state index is 13.5. The van der Waals surface area contributed by atoms with E-state index in [1.54, 1.807) is 0 Å². The molecule has 3 heteroatoms.